The third-order valence-electron chi connectivity index (χ3n) is 5.02. The van der Waals surface area contributed by atoms with Gasteiger partial charge in [-0.1, -0.05) is 48.0 Å². The van der Waals surface area contributed by atoms with E-state index in [4.69, 9.17) is 11.6 Å². The summed E-state index contributed by atoms with van der Waals surface area (Å²) in [5.41, 5.74) is 0.423. The van der Waals surface area contributed by atoms with Gasteiger partial charge in [0.2, 0.25) is 5.91 Å². The Labute approximate surface area is 187 Å². The van der Waals surface area contributed by atoms with Crippen molar-refractivity contribution in [2.75, 3.05) is 0 Å². The fourth-order valence-corrected chi connectivity index (χ4v) is 4.41. The number of carbonyl (C=O) groups is 1. The number of nitrogens with zero attached hydrogens (tertiary/aromatic N) is 2. The van der Waals surface area contributed by atoms with E-state index in [9.17, 15) is 14.4 Å². The Balaban J connectivity index is 1.74. The largest absolute Gasteiger partial charge is 0.347 e. The van der Waals surface area contributed by atoms with Gasteiger partial charge >= 0.3 is 11.1 Å². The van der Waals surface area contributed by atoms with Crippen molar-refractivity contribution in [3.8, 4) is 0 Å². The number of amides is 1. The molecule has 2 aromatic heterocycles. The summed E-state index contributed by atoms with van der Waals surface area (Å²) in [7, 11) is 0. The molecule has 1 unspecified atom stereocenters. The van der Waals surface area contributed by atoms with Crippen molar-refractivity contribution in [1.29, 1.82) is 0 Å². The predicted octanol–water partition coefficient (Wildman–Crippen LogP) is 3.80. The van der Waals surface area contributed by atoms with Crippen molar-refractivity contribution in [1.82, 2.24) is 14.5 Å². The van der Waals surface area contributed by atoms with Crippen molar-refractivity contribution < 1.29 is 4.79 Å². The number of hydrogen-bond acceptors (Lipinski definition) is 4. The highest BCUT2D eigenvalue weighted by Gasteiger charge is 2.17. The van der Waals surface area contributed by atoms with E-state index < -0.39 is 11.1 Å². The summed E-state index contributed by atoms with van der Waals surface area (Å²) in [4.78, 5) is 39.6. The molecule has 8 heteroatoms. The molecule has 4 aromatic rings. The first kappa shape index (κ1) is 21.1. The van der Waals surface area contributed by atoms with Gasteiger partial charge in [-0.2, -0.15) is 0 Å². The quantitative estimate of drug-likeness (QED) is 0.451. The fraction of sp³-hybridized carbons (Fsp3) is 0.174. The lowest BCUT2D eigenvalue weighted by molar-refractivity contribution is -0.122. The lowest BCUT2D eigenvalue weighted by Gasteiger charge is -2.17. The Hall–Kier alpha value is -3.16. The summed E-state index contributed by atoms with van der Waals surface area (Å²) in [6.45, 7) is 1.85. The SMILES string of the molecule is CC(NC(=O)Cn1c(=O)c(=O)n(Cc2ccccc2)c2ccc(Cl)cc21)c1cccs1. The third kappa shape index (κ3) is 4.47. The predicted molar refractivity (Wildman–Crippen MR) is 124 cm³/mol. The molecule has 0 aliphatic carbocycles. The van der Waals surface area contributed by atoms with Gasteiger partial charge in [-0.05, 0) is 42.1 Å². The second kappa shape index (κ2) is 8.91. The van der Waals surface area contributed by atoms with Gasteiger partial charge in [0.15, 0.2) is 0 Å². The topological polar surface area (TPSA) is 73.1 Å². The molecule has 2 heterocycles. The molecule has 0 aliphatic rings. The number of nitrogens with one attached hydrogen (secondary N) is 1. The van der Waals surface area contributed by atoms with E-state index in [2.05, 4.69) is 5.32 Å². The maximum absolute atomic E-state index is 13.0. The monoisotopic (exact) mass is 453 g/mol. The van der Waals surface area contributed by atoms with Gasteiger partial charge in [0.05, 0.1) is 23.6 Å². The van der Waals surface area contributed by atoms with E-state index in [1.165, 1.54) is 20.5 Å². The molecule has 158 valence electrons. The lowest BCUT2D eigenvalue weighted by atomic mass is 10.2. The Bertz CT molecular complexity index is 1340. The Morgan fingerprint density at radius 3 is 2.45 bits per heavy atom. The van der Waals surface area contributed by atoms with Gasteiger partial charge in [0.1, 0.15) is 6.54 Å². The maximum atomic E-state index is 13.0. The zero-order valence-corrected chi connectivity index (χ0v) is 18.3. The minimum absolute atomic E-state index is 0.198. The normalized spacial score (nSPS) is 12.1. The van der Waals surface area contributed by atoms with Crippen molar-refractivity contribution in [2.45, 2.75) is 26.1 Å². The summed E-state index contributed by atoms with van der Waals surface area (Å²) >= 11 is 7.72. The highest BCUT2D eigenvalue weighted by atomic mass is 35.5. The molecule has 0 fully saturated rings. The van der Waals surface area contributed by atoms with Gasteiger partial charge in [0.25, 0.3) is 0 Å². The molecule has 0 aliphatic heterocycles. The third-order valence-corrected chi connectivity index (χ3v) is 6.32. The van der Waals surface area contributed by atoms with Crippen LogP contribution in [0.4, 0.5) is 0 Å². The van der Waals surface area contributed by atoms with Crippen LogP contribution in [-0.4, -0.2) is 15.0 Å². The second-order valence-electron chi connectivity index (χ2n) is 7.21. The smallest absolute Gasteiger partial charge is 0.317 e. The summed E-state index contributed by atoms with van der Waals surface area (Å²) in [6.07, 6.45) is 0. The maximum Gasteiger partial charge on any atom is 0.317 e. The van der Waals surface area contributed by atoms with Crippen LogP contribution in [0, 0.1) is 0 Å². The molecular weight excluding hydrogens is 434 g/mol. The van der Waals surface area contributed by atoms with E-state index in [0.717, 1.165) is 10.4 Å². The molecule has 2 aromatic carbocycles. The van der Waals surface area contributed by atoms with E-state index in [-0.39, 0.29) is 25.0 Å². The van der Waals surface area contributed by atoms with Crippen LogP contribution in [0.3, 0.4) is 0 Å². The molecular formula is C23H20ClN3O3S. The molecule has 0 saturated heterocycles. The second-order valence-corrected chi connectivity index (χ2v) is 8.62. The van der Waals surface area contributed by atoms with Crippen LogP contribution in [-0.2, 0) is 17.9 Å². The highest BCUT2D eigenvalue weighted by Crippen LogP contribution is 2.20. The molecule has 4 rings (SSSR count). The first-order valence-corrected chi connectivity index (χ1v) is 11.0. The summed E-state index contributed by atoms with van der Waals surface area (Å²) in [6, 6.07) is 18.0. The van der Waals surface area contributed by atoms with E-state index in [1.807, 2.05) is 54.8 Å². The zero-order valence-electron chi connectivity index (χ0n) is 16.7. The number of halogens is 1. The summed E-state index contributed by atoms with van der Waals surface area (Å²) < 4.78 is 2.62. The van der Waals surface area contributed by atoms with Gasteiger partial charge in [0, 0.05) is 9.90 Å². The van der Waals surface area contributed by atoms with Gasteiger partial charge < -0.3 is 5.32 Å². The fourth-order valence-electron chi connectivity index (χ4n) is 3.51. The molecule has 1 N–H and O–H groups in total. The molecule has 1 amide bonds. The first-order chi connectivity index (χ1) is 14.9. The van der Waals surface area contributed by atoms with Crippen LogP contribution in [0.5, 0.6) is 0 Å². The molecule has 0 spiro atoms. The van der Waals surface area contributed by atoms with Crippen molar-refractivity contribution >= 4 is 39.9 Å². The van der Waals surface area contributed by atoms with Crippen LogP contribution in [0.1, 0.15) is 23.4 Å². The van der Waals surface area contributed by atoms with Crippen molar-refractivity contribution in [3.05, 3.63) is 102 Å². The number of carbonyl (C=O) groups excluding carboxylic acids is 1. The van der Waals surface area contributed by atoms with Crippen LogP contribution in [0.15, 0.2) is 75.6 Å². The first-order valence-electron chi connectivity index (χ1n) is 9.73. The van der Waals surface area contributed by atoms with Crippen molar-refractivity contribution in [3.63, 3.8) is 0 Å². The summed E-state index contributed by atoms with van der Waals surface area (Å²) in [5.74, 6) is -0.357. The number of aromatic nitrogens is 2. The Morgan fingerprint density at radius 1 is 1.00 bits per heavy atom. The lowest BCUT2D eigenvalue weighted by Crippen LogP contribution is -2.44. The highest BCUT2D eigenvalue weighted by molar-refractivity contribution is 7.10. The molecule has 31 heavy (non-hydrogen) atoms. The molecule has 0 radical (unpaired) electrons. The molecule has 0 bridgehead atoms. The van der Waals surface area contributed by atoms with Gasteiger partial charge in [-0.25, -0.2) is 0 Å². The minimum Gasteiger partial charge on any atom is -0.347 e. The standard InChI is InChI=1S/C23H20ClN3O3S/c1-15(20-8-5-11-31-20)25-21(28)14-27-19-12-17(24)9-10-18(19)26(22(29)23(27)30)13-16-6-3-2-4-7-16/h2-12,15H,13-14H2,1H3,(H,25,28). The average Bonchev–Trinajstić information content (AvgIpc) is 3.30. The van der Waals surface area contributed by atoms with Crippen LogP contribution >= 0.6 is 22.9 Å². The zero-order chi connectivity index (χ0) is 22.0. The number of rotatable bonds is 6. The van der Waals surface area contributed by atoms with E-state index in [1.54, 1.807) is 18.2 Å². The Kier molecular flexibility index (Phi) is 6.06. The molecule has 6 nitrogen and oxygen atoms in total. The minimum atomic E-state index is -0.760. The van der Waals surface area contributed by atoms with Crippen LogP contribution in [0.2, 0.25) is 5.02 Å². The van der Waals surface area contributed by atoms with E-state index in [0.29, 0.717) is 16.1 Å². The number of hydrogen-bond donors (Lipinski definition) is 1. The number of benzene rings is 2. The number of fused-ring (bicyclic) bond motifs is 1. The average molecular weight is 454 g/mol. The van der Waals surface area contributed by atoms with E-state index >= 15 is 0 Å². The van der Waals surface area contributed by atoms with Crippen LogP contribution in [0.25, 0.3) is 11.0 Å². The molecule has 0 saturated carbocycles. The van der Waals surface area contributed by atoms with Crippen molar-refractivity contribution in [2.24, 2.45) is 0 Å². The summed E-state index contributed by atoms with van der Waals surface area (Å²) in [5, 5.41) is 5.23. The van der Waals surface area contributed by atoms with Gasteiger partial charge in [-0.3, -0.25) is 23.5 Å². The van der Waals surface area contributed by atoms with Gasteiger partial charge in [-0.15, -0.1) is 11.3 Å². The number of thiophene rings is 1. The Morgan fingerprint density at radius 2 is 1.74 bits per heavy atom. The molecule has 1 atom stereocenters. The van der Waals surface area contributed by atoms with Crippen LogP contribution < -0.4 is 16.4 Å².